The fraction of sp³-hybridized carbons (Fsp3) is 0.500. The summed E-state index contributed by atoms with van der Waals surface area (Å²) >= 11 is 0. The Balaban J connectivity index is 3.06. The van der Waals surface area contributed by atoms with E-state index in [-0.39, 0.29) is 18.1 Å². The van der Waals surface area contributed by atoms with Crippen LogP contribution < -0.4 is 22.3 Å². The van der Waals surface area contributed by atoms with Crippen LogP contribution in [-0.2, 0) is 16.6 Å². The van der Waals surface area contributed by atoms with Crippen LogP contribution in [0.3, 0.4) is 0 Å². The summed E-state index contributed by atoms with van der Waals surface area (Å²) in [4.78, 5) is 36.3. The van der Waals surface area contributed by atoms with Gasteiger partial charge in [0.15, 0.2) is 0 Å². The van der Waals surface area contributed by atoms with Crippen LogP contribution in [-0.4, -0.2) is 28.2 Å². The Bertz CT molecular complexity index is 560. The van der Waals surface area contributed by atoms with Crippen LogP contribution in [0.4, 0.5) is 11.5 Å². The topological polar surface area (TPSA) is 119 Å². The third-order valence-electron chi connectivity index (χ3n) is 2.37. The lowest BCUT2D eigenvalue weighted by molar-refractivity contribution is -0.143. The highest BCUT2D eigenvalue weighted by molar-refractivity contribution is 5.80. The Morgan fingerprint density at radius 1 is 1.56 bits per heavy atom. The van der Waals surface area contributed by atoms with Crippen molar-refractivity contribution in [3.05, 3.63) is 20.8 Å². The molecular weight excluding hydrogens is 240 g/mol. The Labute approximate surface area is 103 Å². The molecule has 1 atom stereocenters. The van der Waals surface area contributed by atoms with Crippen molar-refractivity contribution in [1.29, 1.82) is 0 Å². The van der Waals surface area contributed by atoms with E-state index >= 15 is 0 Å². The van der Waals surface area contributed by atoms with Gasteiger partial charge in [0.05, 0.1) is 6.61 Å². The van der Waals surface area contributed by atoms with Gasteiger partial charge in [0.1, 0.15) is 17.5 Å². The number of aromatic nitrogens is 2. The molecule has 1 aromatic heterocycles. The van der Waals surface area contributed by atoms with E-state index in [0.717, 1.165) is 4.57 Å². The number of rotatable bonds is 4. The second-order valence-electron chi connectivity index (χ2n) is 3.70. The molecule has 1 unspecified atom stereocenters. The molecule has 0 saturated heterocycles. The number of H-pyrrole nitrogens is 1. The summed E-state index contributed by atoms with van der Waals surface area (Å²) in [5, 5.41) is 2.63. The molecule has 0 aliphatic rings. The van der Waals surface area contributed by atoms with E-state index in [1.165, 1.54) is 14.0 Å². The Hall–Kier alpha value is -2.25. The van der Waals surface area contributed by atoms with Crippen LogP contribution in [0, 0.1) is 0 Å². The van der Waals surface area contributed by atoms with Gasteiger partial charge in [-0.3, -0.25) is 14.3 Å². The van der Waals surface area contributed by atoms with Gasteiger partial charge in [-0.2, -0.15) is 0 Å². The molecule has 0 aromatic carbocycles. The number of esters is 1. The van der Waals surface area contributed by atoms with Crippen LogP contribution >= 0.6 is 0 Å². The number of ether oxygens (including phenoxy) is 1. The number of nitrogen functional groups attached to an aromatic ring is 1. The highest BCUT2D eigenvalue weighted by atomic mass is 16.5. The average molecular weight is 256 g/mol. The van der Waals surface area contributed by atoms with Gasteiger partial charge in [-0.15, -0.1) is 0 Å². The van der Waals surface area contributed by atoms with Gasteiger partial charge >= 0.3 is 11.7 Å². The molecule has 1 aromatic rings. The summed E-state index contributed by atoms with van der Waals surface area (Å²) in [6.45, 7) is 3.45. The summed E-state index contributed by atoms with van der Waals surface area (Å²) in [6.07, 6.45) is 0. The molecule has 1 rings (SSSR count). The number of carbonyl (C=O) groups excluding carboxylic acids is 1. The minimum absolute atomic E-state index is 0.0300. The van der Waals surface area contributed by atoms with Crippen LogP contribution in [0.5, 0.6) is 0 Å². The van der Waals surface area contributed by atoms with Crippen molar-refractivity contribution in [2.24, 2.45) is 7.05 Å². The lowest BCUT2D eigenvalue weighted by atomic mass is 10.3. The van der Waals surface area contributed by atoms with E-state index in [0.29, 0.717) is 0 Å². The maximum Gasteiger partial charge on any atom is 0.329 e. The number of hydrogen-bond acceptors (Lipinski definition) is 6. The minimum Gasteiger partial charge on any atom is -0.464 e. The van der Waals surface area contributed by atoms with Gasteiger partial charge in [-0.05, 0) is 13.8 Å². The number of aromatic amines is 1. The third-order valence-corrected chi connectivity index (χ3v) is 2.37. The van der Waals surface area contributed by atoms with E-state index in [4.69, 9.17) is 10.5 Å². The number of nitrogens with two attached hydrogens (primary N) is 1. The molecule has 0 spiro atoms. The molecule has 18 heavy (non-hydrogen) atoms. The zero-order valence-electron chi connectivity index (χ0n) is 10.4. The second-order valence-corrected chi connectivity index (χ2v) is 3.70. The first-order valence-corrected chi connectivity index (χ1v) is 5.40. The number of anilines is 2. The van der Waals surface area contributed by atoms with Gasteiger partial charge < -0.3 is 15.8 Å². The van der Waals surface area contributed by atoms with Crippen molar-refractivity contribution >= 4 is 17.5 Å². The first-order valence-electron chi connectivity index (χ1n) is 5.40. The maximum absolute atomic E-state index is 11.6. The van der Waals surface area contributed by atoms with Gasteiger partial charge in [-0.1, -0.05) is 0 Å². The van der Waals surface area contributed by atoms with Crippen LogP contribution in [0.2, 0.25) is 0 Å². The molecule has 0 radical (unpaired) electrons. The van der Waals surface area contributed by atoms with Crippen LogP contribution in [0.15, 0.2) is 9.59 Å². The zero-order valence-corrected chi connectivity index (χ0v) is 10.4. The molecule has 8 nitrogen and oxygen atoms in total. The molecule has 1 heterocycles. The first kappa shape index (κ1) is 13.8. The smallest absolute Gasteiger partial charge is 0.329 e. The minimum atomic E-state index is -0.745. The number of carbonyl (C=O) groups is 1. The fourth-order valence-corrected chi connectivity index (χ4v) is 1.32. The number of hydrogen-bond donors (Lipinski definition) is 3. The third kappa shape index (κ3) is 2.70. The lowest BCUT2D eigenvalue weighted by Gasteiger charge is -2.15. The van der Waals surface area contributed by atoms with Crippen molar-refractivity contribution < 1.29 is 9.53 Å². The van der Waals surface area contributed by atoms with Crippen LogP contribution in [0.1, 0.15) is 13.8 Å². The zero-order chi connectivity index (χ0) is 13.9. The molecular formula is C10H16N4O4. The van der Waals surface area contributed by atoms with E-state index in [9.17, 15) is 14.4 Å². The van der Waals surface area contributed by atoms with Crippen molar-refractivity contribution in [3.63, 3.8) is 0 Å². The quantitative estimate of drug-likeness (QED) is 0.596. The molecule has 8 heteroatoms. The van der Waals surface area contributed by atoms with Gasteiger partial charge in [0.2, 0.25) is 0 Å². The highest BCUT2D eigenvalue weighted by Gasteiger charge is 2.18. The monoisotopic (exact) mass is 256 g/mol. The highest BCUT2D eigenvalue weighted by Crippen LogP contribution is 2.10. The Kier molecular flexibility index (Phi) is 4.13. The Morgan fingerprint density at radius 2 is 2.17 bits per heavy atom. The van der Waals surface area contributed by atoms with Crippen molar-refractivity contribution in [2.75, 3.05) is 17.7 Å². The van der Waals surface area contributed by atoms with Gasteiger partial charge in [0, 0.05) is 7.05 Å². The molecule has 0 aliphatic carbocycles. The largest absolute Gasteiger partial charge is 0.464 e. The van der Waals surface area contributed by atoms with E-state index in [1.54, 1.807) is 6.92 Å². The second kappa shape index (κ2) is 5.39. The molecule has 0 saturated carbocycles. The van der Waals surface area contributed by atoms with Crippen molar-refractivity contribution in [1.82, 2.24) is 9.55 Å². The molecule has 0 bridgehead atoms. The first-order chi connectivity index (χ1) is 8.38. The maximum atomic E-state index is 11.6. The number of nitrogens with one attached hydrogen (secondary N) is 2. The summed E-state index contributed by atoms with van der Waals surface area (Å²) < 4.78 is 5.86. The molecule has 0 fully saturated rings. The SMILES string of the molecule is CCOC(=O)C(C)Nc1c(N)n(C)c(=O)[nH]c1=O. The van der Waals surface area contributed by atoms with Crippen LogP contribution in [0.25, 0.3) is 0 Å². The molecule has 4 N–H and O–H groups in total. The molecule has 0 aliphatic heterocycles. The van der Waals surface area contributed by atoms with Gasteiger partial charge in [-0.25, -0.2) is 9.59 Å². The predicted molar refractivity (Wildman–Crippen MR) is 66.4 cm³/mol. The van der Waals surface area contributed by atoms with E-state index in [1.807, 2.05) is 0 Å². The summed E-state index contributed by atoms with van der Waals surface area (Å²) in [6, 6.07) is -0.745. The number of nitrogens with zero attached hydrogens (tertiary/aromatic N) is 1. The summed E-state index contributed by atoms with van der Waals surface area (Å²) in [5.74, 6) is -0.551. The summed E-state index contributed by atoms with van der Waals surface area (Å²) in [7, 11) is 1.41. The average Bonchev–Trinajstić information content (AvgIpc) is 2.32. The molecule has 0 amide bonds. The standard InChI is InChI=1S/C10H16N4O4/c1-4-18-9(16)5(2)12-6-7(11)14(3)10(17)13-8(6)15/h5,12H,4,11H2,1-3H3,(H,13,15,17). The van der Waals surface area contributed by atoms with E-state index in [2.05, 4.69) is 10.3 Å². The van der Waals surface area contributed by atoms with Crippen molar-refractivity contribution in [2.45, 2.75) is 19.9 Å². The lowest BCUT2D eigenvalue weighted by Crippen LogP contribution is -2.36. The van der Waals surface area contributed by atoms with Crippen molar-refractivity contribution in [3.8, 4) is 0 Å². The normalized spacial score (nSPS) is 11.9. The fourth-order valence-electron chi connectivity index (χ4n) is 1.32. The van der Waals surface area contributed by atoms with E-state index < -0.39 is 23.3 Å². The predicted octanol–water partition coefficient (Wildman–Crippen LogP) is -0.981. The van der Waals surface area contributed by atoms with Gasteiger partial charge in [0.25, 0.3) is 5.56 Å². The summed E-state index contributed by atoms with van der Waals surface area (Å²) in [5.41, 5.74) is 4.31. The Morgan fingerprint density at radius 3 is 2.72 bits per heavy atom. The molecule has 100 valence electrons.